The van der Waals surface area contributed by atoms with Gasteiger partial charge in [0.2, 0.25) is 0 Å². The Morgan fingerprint density at radius 3 is 2.74 bits per heavy atom. The first-order valence-electron chi connectivity index (χ1n) is 11.7. The molecule has 9 heteroatoms. The SMILES string of the molecule is CC(C)N1CCC(NC(=O)c2c(C#N)c3ccccc3n2Cc2cc(-c3ccc(Cl)s3)on2)CC1. The van der Waals surface area contributed by atoms with Crippen LogP contribution in [-0.2, 0) is 6.54 Å². The zero-order valence-electron chi connectivity index (χ0n) is 19.6. The normalized spacial score (nSPS) is 15.1. The average Bonchev–Trinajstić information content (AvgIpc) is 3.57. The van der Waals surface area contributed by atoms with E-state index in [1.165, 1.54) is 11.3 Å². The van der Waals surface area contributed by atoms with Gasteiger partial charge in [0.1, 0.15) is 17.5 Å². The number of nitrogens with one attached hydrogen (secondary N) is 1. The molecule has 1 amide bonds. The minimum absolute atomic E-state index is 0.0812. The molecule has 1 N–H and O–H groups in total. The van der Waals surface area contributed by atoms with Gasteiger partial charge in [-0.05, 0) is 44.9 Å². The Kier molecular flexibility index (Phi) is 6.65. The van der Waals surface area contributed by atoms with Crippen molar-refractivity contribution < 1.29 is 9.32 Å². The van der Waals surface area contributed by atoms with Gasteiger partial charge in [-0.3, -0.25) is 4.79 Å². The maximum atomic E-state index is 13.6. The van der Waals surface area contributed by atoms with Gasteiger partial charge in [0.05, 0.1) is 26.8 Å². The summed E-state index contributed by atoms with van der Waals surface area (Å²) in [5.74, 6) is 0.395. The van der Waals surface area contributed by atoms with Crippen LogP contribution in [0.5, 0.6) is 0 Å². The van der Waals surface area contributed by atoms with Gasteiger partial charge in [0.25, 0.3) is 5.91 Å². The number of piperidine rings is 1. The van der Waals surface area contributed by atoms with E-state index in [0.29, 0.717) is 39.6 Å². The molecule has 180 valence electrons. The summed E-state index contributed by atoms with van der Waals surface area (Å²) in [5.41, 5.74) is 2.22. The van der Waals surface area contributed by atoms with Crippen LogP contribution in [0.2, 0.25) is 4.34 Å². The van der Waals surface area contributed by atoms with Crippen molar-refractivity contribution in [3.63, 3.8) is 0 Å². The molecule has 1 saturated heterocycles. The summed E-state index contributed by atoms with van der Waals surface area (Å²) < 4.78 is 8.09. The van der Waals surface area contributed by atoms with E-state index >= 15 is 0 Å². The van der Waals surface area contributed by atoms with Crippen LogP contribution in [0.25, 0.3) is 21.5 Å². The molecule has 0 unspecified atom stereocenters. The quantitative estimate of drug-likeness (QED) is 0.370. The number of amides is 1. The van der Waals surface area contributed by atoms with Crippen LogP contribution in [0.15, 0.2) is 47.0 Å². The number of nitriles is 1. The van der Waals surface area contributed by atoms with E-state index < -0.39 is 0 Å². The summed E-state index contributed by atoms with van der Waals surface area (Å²) in [5, 5.41) is 18.2. The van der Waals surface area contributed by atoms with Crippen LogP contribution in [0.1, 0.15) is 48.4 Å². The van der Waals surface area contributed by atoms with Crippen molar-refractivity contribution in [1.82, 2.24) is 19.9 Å². The number of halogens is 1. The van der Waals surface area contributed by atoms with Crippen LogP contribution in [-0.4, -0.2) is 45.7 Å². The van der Waals surface area contributed by atoms with Crippen molar-refractivity contribution in [3.05, 3.63) is 63.8 Å². The van der Waals surface area contributed by atoms with E-state index in [9.17, 15) is 10.1 Å². The van der Waals surface area contributed by atoms with Crippen molar-refractivity contribution in [3.8, 4) is 16.7 Å². The molecular weight excluding hydrogens is 482 g/mol. The largest absolute Gasteiger partial charge is 0.355 e. The molecule has 5 rings (SSSR count). The van der Waals surface area contributed by atoms with Crippen molar-refractivity contribution in [2.75, 3.05) is 13.1 Å². The highest BCUT2D eigenvalue weighted by molar-refractivity contribution is 7.19. The molecule has 3 aromatic heterocycles. The third kappa shape index (κ3) is 4.72. The van der Waals surface area contributed by atoms with Gasteiger partial charge in [-0.2, -0.15) is 5.26 Å². The number of rotatable bonds is 6. The lowest BCUT2D eigenvalue weighted by Crippen LogP contribution is -2.47. The molecule has 4 heterocycles. The standard InChI is InChI=1S/C26H26ClN5O2S/c1-16(2)31-11-9-17(10-12-31)29-26(33)25-20(14-28)19-5-3-4-6-21(19)32(25)15-18-13-22(34-30-18)23-7-8-24(27)35-23/h3-8,13,16-17H,9-12,15H2,1-2H3,(H,29,33). The van der Waals surface area contributed by atoms with Gasteiger partial charge in [-0.1, -0.05) is 35.0 Å². The number of carbonyl (C=O) groups is 1. The summed E-state index contributed by atoms with van der Waals surface area (Å²) in [7, 11) is 0. The van der Waals surface area contributed by atoms with Crippen LogP contribution >= 0.6 is 22.9 Å². The maximum Gasteiger partial charge on any atom is 0.269 e. The number of thiophene rings is 1. The molecule has 0 radical (unpaired) electrons. The first-order chi connectivity index (χ1) is 16.9. The molecule has 0 aliphatic carbocycles. The lowest BCUT2D eigenvalue weighted by Gasteiger charge is -2.34. The highest BCUT2D eigenvalue weighted by atomic mass is 35.5. The van der Waals surface area contributed by atoms with Crippen LogP contribution in [0.4, 0.5) is 0 Å². The minimum Gasteiger partial charge on any atom is -0.355 e. The van der Waals surface area contributed by atoms with E-state index in [2.05, 4.69) is 35.3 Å². The Morgan fingerprint density at radius 1 is 1.29 bits per heavy atom. The van der Waals surface area contributed by atoms with Gasteiger partial charge in [0, 0.05) is 36.6 Å². The van der Waals surface area contributed by atoms with Crippen molar-refractivity contribution in [2.24, 2.45) is 0 Å². The third-order valence-electron chi connectivity index (χ3n) is 6.59. The Bertz CT molecular complexity index is 1400. The molecule has 1 aliphatic heterocycles. The van der Waals surface area contributed by atoms with Gasteiger partial charge < -0.3 is 19.3 Å². The van der Waals surface area contributed by atoms with E-state index in [0.717, 1.165) is 41.7 Å². The molecule has 0 saturated carbocycles. The van der Waals surface area contributed by atoms with Crippen molar-refractivity contribution >= 4 is 39.7 Å². The number of nitrogens with zero attached hydrogens (tertiary/aromatic N) is 4. The highest BCUT2D eigenvalue weighted by Crippen LogP contribution is 2.32. The van der Waals surface area contributed by atoms with Crippen molar-refractivity contribution in [2.45, 2.75) is 45.3 Å². The maximum absolute atomic E-state index is 13.6. The summed E-state index contributed by atoms with van der Waals surface area (Å²) in [4.78, 5) is 16.9. The second-order valence-electron chi connectivity index (χ2n) is 9.10. The fraction of sp³-hybridized carbons (Fsp3) is 0.346. The number of carbonyl (C=O) groups excluding carboxylic acids is 1. The number of hydrogen-bond donors (Lipinski definition) is 1. The monoisotopic (exact) mass is 507 g/mol. The zero-order chi connectivity index (χ0) is 24.5. The van der Waals surface area contributed by atoms with E-state index in [1.54, 1.807) is 0 Å². The van der Waals surface area contributed by atoms with Gasteiger partial charge in [-0.25, -0.2) is 0 Å². The number of benzene rings is 1. The molecule has 0 spiro atoms. The summed E-state index contributed by atoms with van der Waals surface area (Å²) >= 11 is 7.48. The molecule has 1 fully saturated rings. The van der Waals surface area contributed by atoms with Crippen LogP contribution < -0.4 is 5.32 Å². The summed E-state index contributed by atoms with van der Waals surface area (Å²) in [6.45, 7) is 6.59. The topological polar surface area (TPSA) is 87.1 Å². The van der Waals surface area contributed by atoms with Crippen molar-refractivity contribution in [1.29, 1.82) is 5.26 Å². The number of fused-ring (bicyclic) bond motifs is 1. The van der Waals surface area contributed by atoms with Crippen LogP contribution in [0.3, 0.4) is 0 Å². The second-order valence-corrected chi connectivity index (χ2v) is 10.8. The van der Waals surface area contributed by atoms with E-state index in [1.807, 2.05) is 47.0 Å². The third-order valence-corrected chi connectivity index (χ3v) is 7.83. The lowest BCUT2D eigenvalue weighted by atomic mass is 10.0. The average molecular weight is 508 g/mol. The first-order valence-corrected chi connectivity index (χ1v) is 12.9. The second kappa shape index (κ2) is 9.86. The molecule has 35 heavy (non-hydrogen) atoms. The Labute approximate surface area is 212 Å². The molecular formula is C26H26ClN5O2S. The minimum atomic E-state index is -0.227. The smallest absolute Gasteiger partial charge is 0.269 e. The number of likely N-dealkylation sites (tertiary alicyclic amines) is 1. The molecule has 0 bridgehead atoms. The molecule has 1 aliphatic rings. The number of hydrogen-bond acceptors (Lipinski definition) is 6. The molecule has 4 aromatic rings. The van der Waals surface area contributed by atoms with Crippen LogP contribution in [0, 0.1) is 11.3 Å². The van der Waals surface area contributed by atoms with Gasteiger partial charge >= 0.3 is 0 Å². The highest BCUT2D eigenvalue weighted by Gasteiger charge is 2.27. The van der Waals surface area contributed by atoms with E-state index in [-0.39, 0.29) is 11.9 Å². The lowest BCUT2D eigenvalue weighted by molar-refractivity contribution is 0.0892. The summed E-state index contributed by atoms with van der Waals surface area (Å²) in [6.07, 6.45) is 1.78. The predicted molar refractivity (Wildman–Crippen MR) is 138 cm³/mol. The molecule has 0 atom stereocenters. The number of para-hydroxylation sites is 1. The predicted octanol–water partition coefficient (Wildman–Crippen LogP) is 5.53. The Hall–Kier alpha value is -3.12. The van der Waals surface area contributed by atoms with E-state index in [4.69, 9.17) is 16.1 Å². The molecule has 7 nitrogen and oxygen atoms in total. The van der Waals surface area contributed by atoms with Gasteiger partial charge in [-0.15, -0.1) is 11.3 Å². The Morgan fingerprint density at radius 2 is 2.06 bits per heavy atom. The molecule has 1 aromatic carbocycles. The first kappa shape index (κ1) is 23.6. The Balaban J connectivity index is 1.46. The fourth-order valence-electron chi connectivity index (χ4n) is 4.74. The number of aromatic nitrogens is 2. The van der Waals surface area contributed by atoms with Gasteiger partial charge in [0.15, 0.2) is 5.76 Å². The summed E-state index contributed by atoms with van der Waals surface area (Å²) in [6, 6.07) is 16.0. The zero-order valence-corrected chi connectivity index (χ0v) is 21.2. The fourth-order valence-corrected chi connectivity index (χ4v) is 5.73.